The number of halogens is 1. The summed E-state index contributed by atoms with van der Waals surface area (Å²) in [6.45, 7) is 2.13. The van der Waals surface area contributed by atoms with Gasteiger partial charge in [0.2, 0.25) is 0 Å². The van der Waals surface area contributed by atoms with Crippen LogP contribution in [0.3, 0.4) is 0 Å². The van der Waals surface area contributed by atoms with Crippen LogP contribution in [0, 0.1) is 6.92 Å². The summed E-state index contributed by atoms with van der Waals surface area (Å²) >= 11 is 7.97. The van der Waals surface area contributed by atoms with Crippen molar-refractivity contribution in [1.82, 2.24) is 20.1 Å². The first kappa shape index (κ1) is 22.0. The lowest BCUT2D eigenvalue weighted by Gasteiger charge is -2.06. The Balaban J connectivity index is 1.28. The van der Waals surface area contributed by atoms with Gasteiger partial charge in [0.25, 0.3) is 5.91 Å². The number of nitrogens with one attached hydrogen (secondary N) is 1. The maximum absolute atomic E-state index is 12.5. The van der Waals surface area contributed by atoms with Gasteiger partial charge in [0.1, 0.15) is 10.7 Å². The molecule has 164 valence electrons. The molecular weight excluding hydrogens is 448 g/mol. The van der Waals surface area contributed by atoms with E-state index in [0.29, 0.717) is 25.2 Å². The van der Waals surface area contributed by atoms with E-state index in [1.165, 1.54) is 0 Å². The van der Waals surface area contributed by atoms with Gasteiger partial charge in [-0.25, -0.2) is 14.5 Å². The van der Waals surface area contributed by atoms with E-state index in [0.717, 1.165) is 20.8 Å². The molecule has 9 heteroatoms. The third-order valence-electron chi connectivity index (χ3n) is 4.78. The minimum atomic E-state index is -0.673. The van der Waals surface area contributed by atoms with E-state index in [-0.39, 0.29) is 16.6 Å². The minimum Gasteiger partial charge on any atom is -0.452 e. The molecule has 7 nitrogen and oxygen atoms in total. The van der Waals surface area contributed by atoms with Gasteiger partial charge in [-0.05, 0) is 24.6 Å². The van der Waals surface area contributed by atoms with Crippen molar-refractivity contribution < 1.29 is 14.3 Å². The molecule has 4 aromatic rings. The first-order valence-electron chi connectivity index (χ1n) is 10.1. The van der Waals surface area contributed by atoms with Crippen LogP contribution in [-0.2, 0) is 22.5 Å². The van der Waals surface area contributed by atoms with Crippen LogP contribution >= 0.6 is 22.9 Å². The number of ether oxygens (including phenoxy) is 1. The predicted octanol–water partition coefficient (Wildman–Crippen LogP) is 4.02. The van der Waals surface area contributed by atoms with Gasteiger partial charge < -0.3 is 10.1 Å². The molecule has 4 rings (SSSR count). The molecule has 1 amide bonds. The van der Waals surface area contributed by atoms with Gasteiger partial charge >= 0.3 is 5.97 Å². The summed E-state index contributed by atoms with van der Waals surface area (Å²) < 4.78 is 7.82. The third-order valence-corrected chi connectivity index (χ3v) is 6.26. The Hall–Kier alpha value is -3.23. The Bertz CT molecular complexity index is 1220. The van der Waals surface area contributed by atoms with Crippen LogP contribution in [0.15, 0.2) is 54.6 Å². The number of para-hydroxylation sites is 1. The Morgan fingerprint density at radius 1 is 1.12 bits per heavy atom. The van der Waals surface area contributed by atoms with E-state index in [4.69, 9.17) is 16.3 Å². The summed E-state index contributed by atoms with van der Waals surface area (Å²) in [7, 11) is 0. The van der Waals surface area contributed by atoms with Crippen LogP contribution in [0.1, 0.15) is 26.6 Å². The molecule has 0 bridgehead atoms. The van der Waals surface area contributed by atoms with Gasteiger partial charge in [-0.2, -0.15) is 5.10 Å². The van der Waals surface area contributed by atoms with E-state index in [2.05, 4.69) is 15.4 Å². The summed E-state index contributed by atoms with van der Waals surface area (Å²) in [5, 5.41) is 8.21. The van der Waals surface area contributed by atoms with E-state index >= 15 is 0 Å². The van der Waals surface area contributed by atoms with Crippen LogP contribution in [0.25, 0.3) is 10.2 Å². The van der Waals surface area contributed by atoms with Crippen LogP contribution in [-0.4, -0.2) is 39.8 Å². The quantitative estimate of drug-likeness (QED) is 0.395. The van der Waals surface area contributed by atoms with Gasteiger partial charge in [-0.3, -0.25) is 4.79 Å². The summed E-state index contributed by atoms with van der Waals surface area (Å²) in [4.78, 5) is 29.1. The second kappa shape index (κ2) is 9.93. The molecule has 0 fully saturated rings. The zero-order valence-corrected chi connectivity index (χ0v) is 18.9. The lowest BCUT2D eigenvalue weighted by atomic mass is 10.2. The first-order chi connectivity index (χ1) is 15.5. The Morgan fingerprint density at radius 3 is 2.66 bits per heavy atom. The highest BCUT2D eigenvalue weighted by atomic mass is 35.5. The monoisotopic (exact) mass is 468 g/mol. The number of aryl methyl sites for hydroxylation is 1. The lowest BCUT2D eigenvalue weighted by Crippen LogP contribution is -2.30. The largest absolute Gasteiger partial charge is 0.452 e. The van der Waals surface area contributed by atoms with E-state index in [9.17, 15) is 9.59 Å². The molecule has 2 aromatic heterocycles. The number of rotatable bonds is 8. The fourth-order valence-corrected chi connectivity index (χ4v) is 4.51. The highest BCUT2D eigenvalue weighted by molar-refractivity contribution is 7.18. The summed E-state index contributed by atoms with van der Waals surface area (Å²) in [5.41, 5.74) is 2.58. The molecule has 1 N–H and O–H groups in total. The number of benzene rings is 2. The van der Waals surface area contributed by atoms with Gasteiger partial charge in [-0.1, -0.05) is 54.1 Å². The third kappa shape index (κ3) is 5.15. The van der Waals surface area contributed by atoms with Crippen molar-refractivity contribution in [2.24, 2.45) is 0 Å². The summed E-state index contributed by atoms with van der Waals surface area (Å²) in [6, 6.07) is 17.6. The normalized spacial score (nSPS) is 10.9. The Morgan fingerprint density at radius 2 is 1.88 bits per heavy atom. The summed E-state index contributed by atoms with van der Waals surface area (Å²) in [6.07, 6.45) is 0.607. The minimum absolute atomic E-state index is 0.171. The molecule has 0 radical (unpaired) electrons. The number of amides is 1. The fraction of sp³-hybridized carbons (Fsp3) is 0.217. The SMILES string of the molecule is Cc1nn(Cc2ccccc2)c(Cl)c1C(=O)OCC(=O)NCCc1nc2ccccc2s1. The smallest absolute Gasteiger partial charge is 0.343 e. The number of hydrogen-bond donors (Lipinski definition) is 1. The van der Waals surface area contributed by atoms with Crippen molar-refractivity contribution >= 4 is 45.0 Å². The molecule has 2 heterocycles. The standard InChI is InChI=1S/C23H21ClN4O3S/c1-15-21(22(24)28(27-15)13-16-7-3-2-4-8-16)23(30)31-14-19(29)25-12-11-20-26-17-9-5-6-10-18(17)32-20/h2-10H,11-14H2,1H3,(H,25,29). The first-order valence-corrected chi connectivity index (χ1v) is 11.3. The molecule has 0 aliphatic carbocycles. The molecule has 0 unspecified atom stereocenters. The molecular formula is C23H21ClN4O3S. The Kier molecular flexibility index (Phi) is 6.82. The molecule has 32 heavy (non-hydrogen) atoms. The maximum Gasteiger partial charge on any atom is 0.343 e. The van der Waals surface area contributed by atoms with Crippen LogP contribution in [0.4, 0.5) is 0 Å². The topological polar surface area (TPSA) is 86.1 Å². The molecule has 0 atom stereocenters. The molecule has 0 aliphatic rings. The number of hydrogen-bond acceptors (Lipinski definition) is 6. The van der Waals surface area contributed by atoms with Gasteiger partial charge in [0.15, 0.2) is 6.61 Å². The lowest BCUT2D eigenvalue weighted by molar-refractivity contribution is -0.124. The van der Waals surface area contributed by atoms with Crippen molar-refractivity contribution in [2.45, 2.75) is 19.9 Å². The number of nitrogens with zero attached hydrogens (tertiary/aromatic N) is 3. The van der Waals surface area contributed by atoms with Crippen LogP contribution < -0.4 is 5.32 Å². The molecule has 2 aromatic carbocycles. The average Bonchev–Trinajstić information content (AvgIpc) is 3.32. The number of fused-ring (bicyclic) bond motifs is 1. The highest BCUT2D eigenvalue weighted by Gasteiger charge is 2.22. The highest BCUT2D eigenvalue weighted by Crippen LogP contribution is 2.22. The molecule has 0 spiro atoms. The van der Waals surface area contributed by atoms with Gasteiger partial charge in [0.05, 0.1) is 27.5 Å². The summed E-state index contributed by atoms with van der Waals surface area (Å²) in [5.74, 6) is -1.06. The Labute approximate surface area is 194 Å². The molecule has 0 aliphatic heterocycles. The number of esters is 1. The van der Waals surface area contributed by atoms with Crippen LogP contribution in [0.2, 0.25) is 5.15 Å². The molecule has 0 saturated heterocycles. The predicted molar refractivity (Wildman–Crippen MR) is 124 cm³/mol. The maximum atomic E-state index is 12.5. The van der Waals surface area contributed by atoms with Gasteiger partial charge in [0, 0.05) is 13.0 Å². The van der Waals surface area contributed by atoms with E-state index in [1.54, 1.807) is 22.9 Å². The van der Waals surface area contributed by atoms with Crippen molar-refractivity contribution in [2.75, 3.05) is 13.2 Å². The number of aromatic nitrogens is 3. The van der Waals surface area contributed by atoms with Crippen molar-refractivity contribution in [1.29, 1.82) is 0 Å². The number of carbonyl (C=O) groups is 2. The number of carbonyl (C=O) groups excluding carboxylic acids is 2. The van der Waals surface area contributed by atoms with Gasteiger partial charge in [-0.15, -0.1) is 11.3 Å². The van der Waals surface area contributed by atoms with E-state index in [1.807, 2.05) is 54.6 Å². The zero-order chi connectivity index (χ0) is 22.5. The zero-order valence-electron chi connectivity index (χ0n) is 17.4. The van der Waals surface area contributed by atoms with Crippen molar-refractivity contribution in [3.63, 3.8) is 0 Å². The number of thiazole rings is 1. The van der Waals surface area contributed by atoms with E-state index < -0.39 is 12.6 Å². The molecule has 0 saturated carbocycles. The second-order valence-corrected chi connectivity index (χ2v) is 8.62. The van der Waals surface area contributed by atoms with Crippen molar-refractivity contribution in [3.05, 3.63) is 81.6 Å². The van der Waals surface area contributed by atoms with Crippen molar-refractivity contribution in [3.8, 4) is 0 Å². The fourth-order valence-electron chi connectivity index (χ4n) is 3.24. The second-order valence-electron chi connectivity index (χ2n) is 7.15. The average molecular weight is 469 g/mol. The van der Waals surface area contributed by atoms with Crippen LogP contribution in [0.5, 0.6) is 0 Å².